The van der Waals surface area contributed by atoms with Crippen molar-refractivity contribution >= 4 is 0 Å². The van der Waals surface area contributed by atoms with E-state index in [1.54, 1.807) is 38.0 Å². The van der Waals surface area contributed by atoms with Gasteiger partial charge in [0.25, 0.3) is 0 Å². The fourth-order valence-corrected chi connectivity index (χ4v) is 4.10. The average molecular weight is 471 g/mol. The van der Waals surface area contributed by atoms with Crippen LogP contribution in [0, 0.1) is 5.82 Å². The van der Waals surface area contributed by atoms with Crippen molar-refractivity contribution in [3.63, 3.8) is 0 Å². The Labute approximate surface area is 198 Å². The lowest BCUT2D eigenvalue weighted by atomic mass is 9.96. The van der Waals surface area contributed by atoms with Crippen LogP contribution in [0.15, 0.2) is 55.1 Å². The van der Waals surface area contributed by atoms with Crippen LogP contribution >= 0.6 is 0 Å². The van der Waals surface area contributed by atoms with Crippen LogP contribution in [0.4, 0.5) is 4.39 Å². The van der Waals surface area contributed by atoms with Gasteiger partial charge in [-0.15, -0.1) is 10.2 Å². The summed E-state index contributed by atoms with van der Waals surface area (Å²) in [6.07, 6.45) is 5.30. The van der Waals surface area contributed by atoms with Gasteiger partial charge in [0.2, 0.25) is 0 Å². The Kier molecular flexibility index (Phi) is 7.97. The molecule has 1 aliphatic rings. The lowest BCUT2D eigenvalue weighted by Gasteiger charge is -2.27. The Morgan fingerprint density at radius 2 is 1.82 bits per heavy atom. The maximum Gasteiger partial charge on any atom is 0.165 e. The third-order valence-electron chi connectivity index (χ3n) is 6.05. The number of likely N-dealkylation sites (tertiary alicyclic amines) is 1. The molecule has 2 heterocycles. The molecule has 0 spiro atoms. The second kappa shape index (κ2) is 11.3. The van der Waals surface area contributed by atoms with Crippen molar-refractivity contribution < 1.29 is 23.7 Å². The van der Waals surface area contributed by atoms with Gasteiger partial charge < -0.3 is 23.9 Å². The minimum atomic E-state index is -0.979. The molecule has 34 heavy (non-hydrogen) atoms. The van der Waals surface area contributed by atoms with E-state index >= 15 is 0 Å². The predicted molar refractivity (Wildman–Crippen MR) is 124 cm³/mol. The molecule has 1 aliphatic heterocycles. The third kappa shape index (κ3) is 6.45. The van der Waals surface area contributed by atoms with Gasteiger partial charge in [0.15, 0.2) is 23.1 Å². The molecule has 0 aliphatic carbocycles. The van der Waals surface area contributed by atoms with Crippen molar-refractivity contribution in [3.8, 4) is 17.2 Å². The fraction of sp³-hybridized carbons (Fsp3) is 0.440. The molecule has 1 saturated heterocycles. The van der Waals surface area contributed by atoms with Crippen LogP contribution in [0.1, 0.15) is 24.8 Å². The molecule has 2 aromatic carbocycles. The van der Waals surface area contributed by atoms with Crippen molar-refractivity contribution in [1.82, 2.24) is 19.7 Å². The number of hydrogen-bond donors (Lipinski definition) is 1. The number of hydrogen-bond acceptors (Lipinski definition) is 7. The Balaban J connectivity index is 1.32. The summed E-state index contributed by atoms with van der Waals surface area (Å²) in [5, 5.41) is 18.6. The van der Waals surface area contributed by atoms with Gasteiger partial charge in [-0.25, -0.2) is 4.39 Å². The first-order chi connectivity index (χ1) is 16.5. The molecule has 182 valence electrons. The van der Waals surface area contributed by atoms with Crippen LogP contribution in [0.25, 0.3) is 0 Å². The number of methoxy groups -OCH3 is 1. The van der Waals surface area contributed by atoms with Crippen molar-refractivity contribution in [2.45, 2.75) is 38.0 Å². The quantitative estimate of drug-likeness (QED) is 0.487. The van der Waals surface area contributed by atoms with Crippen LogP contribution < -0.4 is 14.2 Å². The van der Waals surface area contributed by atoms with Crippen molar-refractivity contribution in [1.29, 1.82) is 0 Å². The molecule has 0 amide bonds. The first-order valence-corrected chi connectivity index (χ1v) is 11.5. The summed E-state index contributed by atoms with van der Waals surface area (Å²) in [5.74, 6) is 1.13. The maximum absolute atomic E-state index is 13.8. The zero-order valence-corrected chi connectivity index (χ0v) is 19.4. The molecule has 1 unspecified atom stereocenters. The zero-order chi connectivity index (χ0) is 23.8. The van der Waals surface area contributed by atoms with E-state index in [1.165, 1.54) is 6.07 Å². The van der Waals surface area contributed by atoms with E-state index in [0.717, 1.165) is 25.1 Å². The molecule has 0 bridgehead atoms. The monoisotopic (exact) mass is 470 g/mol. The summed E-state index contributed by atoms with van der Waals surface area (Å²) in [6.45, 7) is 3.49. The molecule has 9 heteroatoms. The standard InChI is InChI=1S/C25H31FN4O4/c1-32-23-8-7-20(15-24(23)33-14-13-30-18-27-28-19-30)16-29-11-4-9-25(31,10-12-29)17-34-22-6-3-2-5-21(22)26/h2-3,5-8,15,18-19,31H,4,9-14,16-17H2,1H3. The molecule has 1 fully saturated rings. The summed E-state index contributed by atoms with van der Waals surface area (Å²) in [4.78, 5) is 2.31. The van der Waals surface area contributed by atoms with Crippen LogP contribution in [-0.4, -0.2) is 63.8 Å². The second-order valence-electron chi connectivity index (χ2n) is 8.61. The maximum atomic E-state index is 13.8. The van der Waals surface area contributed by atoms with E-state index in [-0.39, 0.29) is 12.4 Å². The van der Waals surface area contributed by atoms with E-state index in [0.29, 0.717) is 44.0 Å². The first-order valence-electron chi connectivity index (χ1n) is 11.5. The number of para-hydroxylation sites is 1. The molecule has 8 nitrogen and oxygen atoms in total. The van der Waals surface area contributed by atoms with Crippen molar-refractivity contribution in [2.75, 3.05) is 33.4 Å². The van der Waals surface area contributed by atoms with Crippen LogP contribution in [-0.2, 0) is 13.1 Å². The number of nitrogens with zero attached hydrogens (tertiary/aromatic N) is 4. The number of ether oxygens (including phenoxy) is 3. The SMILES string of the molecule is COc1ccc(CN2CCCC(O)(COc3ccccc3F)CC2)cc1OCCn1cnnc1. The van der Waals surface area contributed by atoms with Gasteiger partial charge >= 0.3 is 0 Å². The number of rotatable bonds is 10. The van der Waals surface area contributed by atoms with Gasteiger partial charge in [-0.05, 0) is 55.6 Å². The van der Waals surface area contributed by atoms with Gasteiger partial charge in [-0.2, -0.15) is 0 Å². The Hall–Kier alpha value is -3.17. The van der Waals surface area contributed by atoms with Crippen molar-refractivity contribution in [2.24, 2.45) is 0 Å². The number of benzene rings is 2. The predicted octanol–water partition coefficient (Wildman–Crippen LogP) is 3.30. The highest BCUT2D eigenvalue weighted by molar-refractivity contribution is 5.43. The van der Waals surface area contributed by atoms with E-state index < -0.39 is 11.4 Å². The fourth-order valence-electron chi connectivity index (χ4n) is 4.10. The van der Waals surface area contributed by atoms with Gasteiger partial charge in [0.05, 0.1) is 19.3 Å². The molecular weight excluding hydrogens is 439 g/mol. The largest absolute Gasteiger partial charge is 0.493 e. The zero-order valence-electron chi connectivity index (χ0n) is 19.4. The van der Waals surface area contributed by atoms with Gasteiger partial charge in [0.1, 0.15) is 25.9 Å². The van der Waals surface area contributed by atoms with Gasteiger partial charge in [-0.1, -0.05) is 18.2 Å². The van der Waals surface area contributed by atoms with E-state index in [9.17, 15) is 9.50 Å². The minimum Gasteiger partial charge on any atom is -0.493 e. The summed E-state index contributed by atoms with van der Waals surface area (Å²) in [6, 6.07) is 12.2. The van der Waals surface area contributed by atoms with Crippen LogP contribution in [0.2, 0.25) is 0 Å². The second-order valence-corrected chi connectivity index (χ2v) is 8.61. The number of halogens is 1. The molecule has 1 aromatic heterocycles. The van der Waals surface area contributed by atoms with Crippen LogP contribution in [0.3, 0.4) is 0 Å². The summed E-state index contributed by atoms with van der Waals surface area (Å²) < 4.78 is 32.7. The lowest BCUT2D eigenvalue weighted by Crippen LogP contribution is -2.37. The molecule has 0 radical (unpaired) electrons. The third-order valence-corrected chi connectivity index (χ3v) is 6.05. The summed E-state index contributed by atoms with van der Waals surface area (Å²) >= 11 is 0. The van der Waals surface area contributed by atoms with E-state index in [1.807, 2.05) is 22.8 Å². The highest BCUT2D eigenvalue weighted by atomic mass is 19.1. The summed E-state index contributed by atoms with van der Waals surface area (Å²) in [5.41, 5.74) is 0.126. The Bertz CT molecular complexity index is 1050. The lowest BCUT2D eigenvalue weighted by molar-refractivity contribution is -0.0177. The highest BCUT2D eigenvalue weighted by Gasteiger charge is 2.31. The van der Waals surface area contributed by atoms with Gasteiger partial charge in [-0.3, -0.25) is 4.90 Å². The summed E-state index contributed by atoms with van der Waals surface area (Å²) in [7, 11) is 1.63. The molecule has 1 N–H and O–H groups in total. The molecular formula is C25H31FN4O4. The Morgan fingerprint density at radius 3 is 2.62 bits per heavy atom. The number of aromatic nitrogens is 3. The molecule has 0 saturated carbocycles. The molecule has 4 rings (SSSR count). The normalized spacial score (nSPS) is 18.9. The molecule has 1 atom stereocenters. The number of aliphatic hydroxyl groups is 1. The first kappa shape index (κ1) is 24.0. The van der Waals surface area contributed by atoms with Gasteiger partial charge in [0, 0.05) is 13.1 Å². The highest BCUT2D eigenvalue weighted by Crippen LogP contribution is 2.30. The van der Waals surface area contributed by atoms with Crippen molar-refractivity contribution in [3.05, 3.63) is 66.5 Å². The van der Waals surface area contributed by atoms with E-state index in [4.69, 9.17) is 14.2 Å². The van der Waals surface area contributed by atoms with E-state index in [2.05, 4.69) is 15.1 Å². The smallest absolute Gasteiger partial charge is 0.165 e. The van der Waals surface area contributed by atoms with Crippen LogP contribution in [0.5, 0.6) is 17.2 Å². The minimum absolute atomic E-state index is 0.0781. The average Bonchev–Trinajstić information content (AvgIpc) is 3.29. The topological polar surface area (TPSA) is 81.9 Å². The molecule has 3 aromatic rings. The Morgan fingerprint density at radius 1 is 1.00 bits per heavy atom.